The van der Waals surface area contributed by atoms with Crippen LogP contribution in [0.5, 0.6) is 5.75 Å². The quantitative estimate of drug-likeness (QED) is 0.559. The van der Waals surface area contributed by atoms with Gasteiger partial charge in [-0.3, -0.25) is 9.59 Å². The van der Waals surface area contributed by atoms with Crippen LogP contribution in [0.1, 0.15) is 60.8 Å². The fourth-order valence-corrected chi connectivity index (χ4v) is 4.90. The molecule has 0 aliphatic carbocycles. The molecule has 8 nitrogen and oxygen atoms in total. The first-order chi connectivity index (χ1) is 16.8. The Bertz CT molecular complexity index is 1020. The number of hydrogen-bond donors (Lipinski definition) is 0. The Morgan fingerprint density at radius 3 is 2.37 bits per heavy atom. The summed E-state index contributed by atoms with van der Waals surface area (Å²) in [7, 11) is 0. The van der Waals surface area contributed by atoms with Gasteiger partial charge >= 0.3 is 0 Å². The number of ether oxygens (including phenoxy) is 2. The SMILES string of the molecule is Cc1onc(C(C)C)c1C(=O)N1CCC(COc2ccc(Cl)cc2)(CC(=O)N2CCOCC2)CC1. The minimum absolute atomic E-state index is 0.0563. The molecule has 3 heterocycles. The second-order valence-electron chi connectivity index (χ2n) is 9.86. The smallest absolute Gasteiger partial charge is 0.259 e. The van der Waals surface area contributed by atoms with E-state index in [0.29, 0.717) is 93.1 Å². The van der Waals surface area contributed by atoms with Crippen molar-refractivity contribution in [3.8, 4) is 5.75 Å². The molecule has 0 saturated carbocycles. The van der Waals surface area contributed by atoms with E-state index in [1.807, 2.05) is 35.8 Å². The minimum atomic E-state index is -0.365. The van der Waals surface area contributed by atoms with E-state index >= 15 is 0 Å². The van der Waals surface area contributed by atoms with Crippen molar-refractivity contribution in [1.82, 2.24) is 15.0 Å². The average molecular weight is 504 g/mol. The first kappa shape index (κ1) is 25.5. The lowest BCUT2D eigenvalue weighted by Gasteiger charge is -2.42. The number of benzene rings is 1. The van der Waals surface area contributed by atoms with Gasteiger partial charge in [-0.05, 0) is 49.9 Å². The first-order valence-corrected chi connectivity index (χ1v) is 12.7. The largest absolute Gasteiger partial charge is 0.493 e. The average Bonchev–Trinajstić information content (AvgIpc) is 3.26. The number of rotatable bonds is 7. The number of hydrogen-bond acceptors (Lipinski definition) is 6. The molecule has 0 radical (unpaired) electrons. The van der Waals surface area contributed by atoms with Crippen molar-refractivity contribution in [1.29, 1.82) is 0 Å². The van der Waals surface area contributed by atoms with Crippen molar-refractivity contribution in [2.45, 2.75) is 46.0 Å². The van der Waals surface area contributed by atoms with Gasteiger partial charge in [-0.1, -0.05) is 30.6 Å². The Hall–Kier alpha value is -2.58. The Labute approximate surface area is 211 Å². The standard InChI is InChI=1S/C26H34ClN3O5/c1-18(2)24-23(19(3)35-28-24)25(32)30-10-8-26(9-11-30,16-22(31)29-12-14-33-15-13-29)17-34-21-6-4-20(27)5-7-21/h4-7,18H,8-17H2,1-3H3. The zero-order valence-electron chi connectivity index (χ0n) is 20.7. The molecular formula is C26H34ClN3O5. The lowest BCUT2D eigenvalue weighted by atomic mass is 9.75. The molecule has 1 aromatic carbocycles. The summed E-state index contributed by atoms with van der Waals surface area (Å²) in [5.74, 6) is 1.41. The molecule has 2 amide bonds. The normalized spacial score (nSPS) is 18.1. The van der Waals surface area contributed by atoms with Gasteiger partial charge in [-0.15, -0.1) is 0 Å². The summed E-state index contributed by atoms with van der Waals surface area (Å²) < 4.78 is 16.9. The zero-order valence-corrected chi connectivity index (χ0v) is 21.5. The van der Waals surface area contributed by atoms with E-state index in [0.717, 1.165) is 0 Å². The molecular weight excluding hydrogens is 470 g/mol. The third-order valence-corrected chi connectivity index (χ3v) is 7.26. The van der Waals surface area contributed by atoms with Crippen molar-refractivity contribution in [3.63, 3.8) is 0 Å². The number of aryl methyl sites for hydroxylation is 1. The number of halogens is 1. The summed E-state index contributed by atoms with van der Waals surface area (Å²) in [6.07, 6.45) is 1.72. The Morgan fingerprint density at radius 2 is 1.74 bits per heavy atom. The second kappa shape index (κ2) is 11.0. The van der Waals surface area contributed by atoms with Crippen LogP contribution in [0.4, 0.5) is 0 Å². The van der Waals surface area contributed by atoms with E-state index < -0.39 is 0 Å². The van der Waals surface area contributed by atoms with Crippen molar-refractivity contribution >= 4 is 23.4 Å². The summed E-state index contributed by atoms with van der Waals surface area (Å²) >= 11 is 6.01. The van der Waals surface area contributed by atoms with Crippen LogP contribution in [0.2, 0.25) is 5.02 Å². The summed E-state index contributed by atoms with van der Waals surface area (Å²) in [5, 5.41) is 4.75. The highest BCUT2D eigenvalue weighted by Crippen LogP contribution is 2.38. The molecule has 0 bridgehead atoms. The van der Waals surface area contributed by atoms with Gasteiger partial charge in [0, 0.05) is 43.0 Å². The maximum absolute atomic E-state index is 13.4. The lowest BCUT2D eigenvalue weighted by Crippen LogP contribution is -2.49. The molecule has 2 aliphatic heterocycles. The van der Waals surface area contributed by atoms with Crippen LogP contribution < -0.4 is 4.74 Å². The summed E-state index contributed by atoms with van der Waals surface area (Å²) in [5.41, 5.74) is 0.892. The predicted molar refractivity (Wildman–Crippen MR) is 132 cm³/mol. The van der Waals surface area contributed by atoms with Crippen LogP contribution >= 0.6 is 11.6 Å². The predicted octanol–water partition coefficient (Wildman–Crippen LogP) is 4.31. The Morgan fingerprint density at radius 1 is 1.09 bits per heavy atom. The van der Waals surface area contributed by atoms with Crippen molar-refractivity contribution in [3.05, 3.63) is 46.3 Å². The van der Waals surface area contributed by atoms with Gasteiger partial charge in [-0.2, -0.15) is 0 Å². The molecule has 2 aliphatic rings. The summed E-state index contributed by atoms with van der Waals surface area (Å²) in [6.45, 7) is 9.63. The number of nitrogens with zero attached hydrogens (tertiary/aromatic N) is 3. The maximum Gasteiger partial charge on any atom is 0.259 e. The highest BCUT2D eigenvalue weighted by atomic mass is 35.5. The number of amides is 2. The van der Waals surface area contributed by atoms with E-state index in [9.17, 15) is 9.59 Å². The van der Waals surface area contributed by atoms with Crippen LogP contribution in [0, 0.1) is 12.3 Å². The maximum atomic E-state index is 13.4. The fourth-order valence-electron chi connectivity index (χ4n) is 4.77. The molecule has 9 heteroatoms. The Balaban J connectivity index is 1.48. The molecule has 2 saturated heterocycles. The molecule has 35 heavy (non-hydrogen) atoms. The van der Waals surface area contributed by atoms with Crippen LogP contribution in [-0.4, -0.2) is 72.8 Å². The van der Waals surface area contributed by atoms with E-state index in [-0.39, 0.29) is 23.1 Å². The third-order valence-electron chi connectivity index (χ3n) is 7.01. The lowest BCUT2D eigenvalue weighted by molar-refractivity contribution is -0.139. The van der Waals surface area contributed by atoms with Crippen LogP contribution in [-0.2, 0) is 9.53 Å². The summed E-state index contributed by atoms with van der Waals surface area (Å²) in [6, 6.07) is 7.25. The number of carbonyl (C=O) groups is 2. The molecule has 2 aromatic rings. The van der Waals surface area contributed by atoms with E-state index in [1.165, 1.54) is 0 Å². The fraction of sp³-hybridized carbons (Fsp3) is 0.577. The van der Waals surface area contributed by atoms with Gasteiger partial charge in [0.25, 0.3) is 5.91 Å². The molecule has 0 spiro atoms. The number of piperidine rings is 1. The monoisotopic (exact) mass is 503 g/mol. The van der Waals surface area contributed by atoms with E-state index in [4.69, 9.17) is 25.6 Å². The van der Waals surface area contributed by atoms with E-state index in [1.54, 1.807) is 19.1 Å². The molecule has 0 N–H and O–H groups in total. The van der Waals surface area contributed by atoms with Gasteiger partial charge in [0.2, 0.25) is 5.91 Å². The second-order valence-corrected chi connectivity index (χ2v) is 10.3. The highest BCUT2D eigenvalue weighted by Gasteiger charge is 2.41. The van der Waals surface area contributed by atoms with Gasteiger partial charge in [0.05, 0.1) is 25.5 Å². The topological polar surface area (TPSA) is 85.1 Å². The van der Waals surface area contributed by atoms with Gasteiger partial charge in [0.15, 0.2) is 0 Å². The van der Waals surface area contributed by atoms with E-state index in [2.05, 4.69) is 5.16 Å². The number of morpholine rings is 1. The molecule has 4 rings (SSSR count). The van der Waals surface area contributed by atoms with Crippen LogP contribution in [0.25, 0.3) is 0 Å². The number of carbonyl (C=O) groups excluding carboxylic acids is 2. The Kier molecular flexibility index (Phi) is 8.02. The molecule has 0 unspecified atom stereocenters. The number of likely N-dealkylation sites (tertiary alicyclic amines) is 1. The van der Waals surface area contributed by atoms with Crippen LogP contribution in [0.15, 0.2) is 28.8 Å². The molecule has 1 aromatic heterocycles. The van der Waals surface area contributed by atoms with Crippen molar-refractivity contribution in [2.24, 2.45) is 5.41 Å². The molecule has 190 valence electrons. The minimum Gasteiger partial charge on any atom is -0.493 e. The number of aromatic nitrogens is 1. The zero-order chi connectivity index (χ0) is 25.0. The third kappa shape index (κ3) is 5.98. The molecule has 0 atom stereocenters. The van der Waals surface area contributed by atoms with Gasteiger partial charge in [0.1, 0.15) is 17.1 Å². The van der Waals surface area contributed by atoms with Crippen molar-refractivity contribution < 1.29 is 23.6 Å². The summed E-state index contributed by atoms with van der Waals surface area (Å²) in [4.78, 5) is 30.3. The van der Waals surface area contributed by atoms with Crippen LogP contribution in [0.3, 0.4) is 0 Å². The first-order valence-electron chi connectivity index (χ1n) is 12.3. The van der Waals surface area contributed by atoms with Gasteiger partial charge < -0.3 is 23.8 Å². The molecule has 2 fully saturated rings. The van der Waals surface area contributed by atoms with Gasteiger partial charge in [-0.25, -0.2) is 0 Å². The highest BCUT2D eigenvalue weighted by molar-refractivity contribution is 6.30. The van der Waals surface area contributed by atoms with Crippen molar-refractivity contribution in [2.75, 3.05) is 46.0 Å².